The van der Waals surface area contributed by atoms with Gasteiger partial charge in [0.2, 0.25) is 11.7 Å². The lowest BCUT2D eigenvalue weighted by Gasteiger charge is -2.38. The van der Waals surface area contributed by atoms with Gasteiger partial charge >= 0.3 is 0 Å². The first-order valence-corrected chi connectivity index (χ1v) is 13.4. The Balaban J connectivity index is 1.70. The molecule has 0 saturated carbocycles. The molecule has 0 aliphatic carbocycles. The summed E-state index contributed by atoms with van der Waals surface area (Å²) < 4.78 is 18.1. The van der Waals surface area contributed by atoms with Crippen LogP contribution in [0.1, 0.15) is 50.5 Å². The van der Waals surface area contributed by atoms with Crippen LogP contribution < -0.4 is 4.74 Å². The van der Waals surface area contributed by atoms with E-state index in [1.54, 1.807) is 0 Å². The van der Waals surface area contributed by atoms with E-state index in [1.165, 1.54) is 11.8 Å². The molecule has 3 rings (SSSR count). The molecule has 2 aromatic carbocycles. The average Bonchev–Trinajstić information content (AvgIpc) is 3.21. The van der Waals surface area contributed by atoms with Crippen LogP contribution in [0.15, 0.2) is 65.2 Å². The summed E-state index contributed by atoms with van der Waals surface area (Å²) in [6.45, 7) is 11.0. The van der Waals surface area contributed by atoms with E-state index in [1.807, 2.05) is 48.5 Å². The van der Waals surface area contributed by atoms with Crippen molar-refractivity contribution < 1.29 is 13.6 Å². The highest BCUT2D eigenvalue weighted by molar-refractivity contribution is 6.74. The second-order valence-corrected chi connectivity index (χ2v) is 13.9. The number of para-hydroxylation sites is 1. The van der Waals surface area contributed by atoms with Gasteiger partial charge in [-0.2, -0.15) is 5.26 Å². The molecule has 0 amide bonds. The van der Waals surface area contributed by atoms with Crippen molar-refractivity contribution in [3.8, 4) is 17.6 Å². The van der Waals surface area contributed by atoms with Gasteiger partial charge in [-0.3, -0.25) is 0 Å². The van der Waals surface area contributed by atoms with Crippen molar-refractivity contribution in [3.05, 3.63) is 78.0 Å². The second-order valence-electron chi connectivity index (χ2n) is 9.14. The van der Waals surface area contributed by atoms with Crippen LogP contribution in [0, 0.1) is 11.3 Å². The summed E-state index contributed by atoms with van der Waals surface area (Å²) in [5.41, 5.74) is 1.18. The summed E-state index contributed by atoms with van der Waals surface area (Å²) in [5.74, 6) is 2.30. The second kappa shape index (κ2) is 9.50. The van der Waals surface area contributed by atoms with Crippen LogP contribution >= 0.6 is 0 Å². The lowest BCUT2D eigenvalue weighted by atomic mass is 10.1. The molecule has 0 N–H and O–H groups in total. The molecular formula is C25H30N2O3Si. The highest BCUT2D eigenvalue weighted by atomic mass is 28.4. The zero-order valence-electron chi connectivity index (χ0n) is 18.9. The van der Waals surface area contributed by atoms with Gasteiger partial charge in [-0.1, -0.05) is 51.1 Å². The molecule has 0 spiro atoms. The molecule has 0 radical (unpaired) electrons. The fraction of sp³-hybridized carbons (Fsp3) is 0.360. The maximum absolute atomic E-state index is 9.11. The molecule has 3 aromatic rings. The number of aromatic nitrogens is 1. The number of rotatable bonds is 8. The summed E-state index contributed by atoms with van der Waals surface area (Å²) in [4.78, 5) is 4.31. The molecular weight excluding hydrogens is 404 g/mol. The van der Waals surface area contributed by atoms with Crippen molar-refractivity contribution in [2.24, 2.45) is 0 Å². The number of oxazole rings is 1. The van der Waals surface area contributed by atoms with E-state index in [2.05, 4.69) is 51.0 Å². The highest BCUT2D eigenvalue weighted by Crippen LogP contribution is 2.40. The summed E-state index contributed by atoms with van der Waals surface area (Å²) in [5, 5.41) is 9.17. The Bertz CT molecular complexity index is 1020. The zero-order chi connectivity index (χ0) is 22.5. The van der Waals surface area contributed by atoms with Crippen molar-refractivity contribution in [1.82, 2.24) is 4.98 Å². The van der Waals surface area contributed by atoms with E-state index in [-0.39, 0.29) is 16.9 Å². The molecule has 0 fully saturated rings. The maximum atomic E-state index is 9.11. The average molecular weight is 435 g/mol. The predicted molar refractivity (Wildman–Crippen MR) is 124 cm³/mol. The third-order valence-electron chi connectivity index (χ3n) is 5.75. The van der Waals surface area contributed by atoms with Gasteiger partial charge in [-0.25, -0.2) is 4.98 Å². The smallest absolute Gasteiger partial charge is 0.224 e. The first-order valence-electron chi connectivity index (χ1n) is 10.5. The standard InChI is InChI=1S/C25H30N2O3Si/c1-25(2,3)31(4,5)30-23(24-27-18-22(17-26)29-24)16-13-19-11-14-21(15-12-19)28-20-9-7-6-8-10-20/h6-12,14-15,18,23H,13,16H2,1-5H3. The molecule has 1 heterocycles. The molecule has 31 heavy (non-hydrogen) atoms. The fourth-order valence-corrected chi connectivity index (χ4v) is 4.18. The van der Waals surface area contributed by atoms with Gasteiger partial charge in [0.25, 0.3) is 0 Å². The van der Waals surface area contributed by atoms with E-state index in [0.717, 1.165) is 24.3 Å². The molecule has 1 unspecified atom stereocenters. The van der Waals surface area contributed by atoms with Crippen molar-refractivity contribution in [2.45, 2.75) is 57.8 Å². The Morgan fingerprint density at radius 2 is 1.68 bits per heavy atom. The number of aryl methyl sites for hydroxylation is 1. The number of nitriles is 1. The van der Waals surface area contributed by atoms with E-state index in [0.29, 0.717) is 5.89 Å². The molecule has 0 bridgehead atoms. The van der Waals surface area contributed by atoms with Gasteiger partial charge < -0.3 is 13.6 Å². The van der Waals surface area contributed by atoms with E-state index in [9.17, 15) is 0 Å². The minimum atomic E-state index is -2.05. The Kier molecular flexibility index (Phi) is 6.99. The summed E-state index contributed by atoms with van der Waals surface area (Å²) in [7, 11) is -2.05. The Morgan fingerprint density at radius 3 is 2.26 bits per heavy atom. The zero-order valence-corrected chi connectivity index (χ0v) is 19.9. The molecule has 0 aliphatic rings. The third-order valence-corrected chi connectivity index (χ3v) is 10.2. The van der Waals surface area contributed by atoms with Gasteiger partial charge in [-0.15, -0.1) is 0 Å². The minimum Gasteiger partial charge on any atom is -0.457 e. The van der Waals surface area contributed by atoms with Gasteiger partial charge in [0.1, 0.15) is 23.7 Å². The van der Waals surface area contributed by atoms with Crippen molar-refractivity contribution in [1.29, 1.82) is 5.26 Å². The minimum absolute atomic E-state index is 0.0618. The number of hydrogen-bond acceptors (Lipinski definition) is 5. The molecule has 0 aliphatic heterocycles. The van der Waals surface area contributed by atoms with Crippen LogP contribution in [0.2, 0.25) is 18.1 Å². The van der Waals surface area contributed by atoms with Crippen molar-refractivity contribution >= 4 is 8.32 Å². The SMILES string of the molecule is CC(C)(C)[Si](C)(C)OC(CCc1ccc(Oc2ccccc2)cc1)c1ncc(C#N)o1. The van der Waals surface area contributed by atoms with Gasteiger partial charge in [0, 0.05) is 0 Å². The van der Waals surface area contributed by atoms with Gasteiger partial charge in [0.05, 0.1) is 6.20 Å². The Morgan fingerprint density at radius 1 is 1.03 bits per heavy atom. The summed E-state index contributed by atoms with van der Waals surface area (Å²) in [6.07, 6.45) is 2.70. The lowest BCUT2D eigenvalue weighted by molar-refractivity contribution is 0.141. The molecule has 0 saturated heterocycles. The van der Waals surface area contributed by atoms with Crippen LogP contribution in [0.5, 0.6) is 11.5 Å². The van der Waals surface area contributed by atoms with E-state index >= 15 is 0 Å². The van der Waals surface area contributed by atoms with Gasteiger partial charge in [-0.05, 0) is 60.8 Å². The molecule has 162 valence electrons. The topological polar surface area (TPSA) is 68.3 Å². The van der Waals surface area contributed by atoms with Crippen molar-refractivity contribution in [3.63, 3.8) is 0 Å². The third kappa shape index (κ3) is 6.06. The number of ether oxygens (including phenoxy) is 1. The van der Waals surface area contributed by atoms with Crippen LogP contribution in [0.25, 0.3) is 0 Å². The largest absolute Gasteiger partial charge is 0.457 e. The van der Waals surface area contributed by atoms with E-state index < -0.39 is 8.32 Å². The number of nitrogens with zero attached hydrogens (tertiary/aromatic N) is 2. The summed E-state index contributed by atoms with van der Waals surface area (Å²) >= 11 is 0. The predicted octanol–water partition coefficient (Wildman–Crippen LogP) is 7.03. The van der Waals surface area contributed by atoms with Crippen LogP contribution in [0.3, 0.4) is 0 Å². The molecule has 6 heteroatoms. The van der Waals surface area contributed by atoms with Gasteiger partial charge in [0.15, 0.2) is 8.32 Å². The first-order chi connectivity index (χ1) is 14.7. The summed E-state index contributed by atoms with van der Waals surface area (Å²) in [6, 6.07) is 19.8. The monoisotopic (exact) mass is 434 g/mol. The number of benzene rings is 2. The maximum Gasteiger partial charge on any atom is 0.224 e. The molecule has 5 nitrogen and oxygen atoms in total. The quantitative estimate of drug-likeness (QED) is 0.356. The number of hydrogen-bond donors (Lipinski definition) is 0. The molecule has 1 aromatic heterocycles. The normalized spacial score (nSPS) is 12.9. The lowest BCUT2D eigenvalue weighted by Crippen LogP contribution is -2.42. The van der Waals surface area contributed by atoms with Crippen LogP contribution in [0.4, 0.5) is 0 Å². The highest BCUT2D eigenvalue weighted by Gasteiger charge is 2.40. The van der Waals surface area contributed by atoms with Crippen LogP contribution in [-0.4, -0.2) is 13.3 Å². The Hall–Kier alpha value is -2.88. The Labute approximate surface area is 185 Å². The fourth-order valence-electron chi connectivity index (χ4n) is 2.90. The van der Waals surface area contributed by atoms with Crippen LogP contribution in [-0.2, 0) is 10.8 Å². The molecule has 1 atom stereocenters. The van der Waals surface area contributed by atoms with E-state index in [4.69, 9.17) is 18.8 Å². The van der Waals surface area contributed by atoms with Crippen molar-refractivity contribution in [2.75, 3.05) is 0 Å². The first kappa shape index (κ1) is 22.8.